The van der Waals surface area contributed by atoms with Gasteiger partial charge in [-0.05, 0) is 43.2 Å². The van der Waals surface area contributed by atoms with Gasteiger partial charge in [-0.15, -0.1) is 0 Å². The summed E-state index contributed by atoms with van der Waals surface area (Å²) < 4.78 is 6.02. The SMILES string of the molecule is Cc1cccc(Nc2cccc([C@@H]3CN(CCc4ccccc4)CCO3)n2)n1. The Hall–Kier alpha value is -2.76. The van der Waals surface area contributed by atoms with E-state index in [2.05, 4.69) is 45.5 Å². The summed E-state index contributed by atoms with van der Waals surface area (Å²) in [5, 5.41) is 3.29. The molecule has 0 saturated carbocycles. The van der Waals surface area contributed by atoms with Crippen LogP contribution in [0.4, 0.5) is 11.6 Å². The Balaban J connectivity index is 1.39. The van der Waals surface area contributed by atoms with Crippen LogP contribution in [0.25, 0.3) is 0 Å². The number of nitrogens with zero attached hydrogens (tertiary/aromatic N) is 3. The van der Waals surface area contributed by atoms with Crippen LogP contribution in [0, 0.1) is 6.92 Å². The molecule has 1 aromatic carbocycles. The minimum absolute atomic E-state index is 0.00302. The topological polar surface area (TPSA) is 50.3 Å². The van der Waals surface area contributed by atoms with E-state index >= 15 is 0 Å². The zero-order valence-electron chi connectivity index (χ0n) is 16.2. The van der Waals surface area contributed by atoms with Gasteiger partial charge in [-0.25, -0.2) is 9.97 Å². The summed E-state index contributed by atoms with van der Waals surface area (Å²) in [6, 6.07) is 22.6. The van der Waals surface area contributed by atoms with Crippen LogP contribution in [0.5, 0.6) is 0 Å². The quantitative estimate of drug-likeness (QED) is 0.703. The molecule has 144 valence electrons. The Bertz CT molecular complexity index is 900. The summed E-state index contributed by atoms with van der Waals surface area (Å²) in [7, 11) is 0. The summed E-state index contributed by atoms with van der Waals surface area (Å²) in [4.78, 5) is 11.7. The van der Waals surface area contributed by atoms with Crippen molar-refractivity contribution in [1.82, 2.24) is 14.9 Å². The molecule has 5 heteroatoms. The fraction of sp³-hybridized carbons (Fsp3) is 0.304. The average Bonchev–Trinajstić information content (AvgIpc) is 2.73. The molecule has 2 aromatic heterocycles. The van der Waals surface area contributed by atoms with Crippen LogP contribution in [-0.4, -0.2) is 41.1 Å². The average molecular weight is 374 g/mol. The predicted molar refractivity (Wildman–Crippen MR) is 112 cm³/mol. The van der Waals surface area contributed by atoms with E-state index in [1.807, 2.05) is 43.3 Å². The van der Waals surface area contributed by atoms with Gasteiger partial charge in [0.2, 0.25) is 0 Å². The monoisotopic (exact) mass is 374 g/mol. The first kappa shape index (κ1) is 18.6. The van der Waals surface area contributed by atoms with E-state index in [9.17, 15) is 0 Å². The van der Waals surface area contributed by atoms with Crippen LogP contribution in [0.1, 0.15) is 23.1 Å². The third-order valence-corrected chi connectivity index (χ3v) is 4.96. The Kier molecular flexibility index (Phi) is 5.95. The van der Waals surface area contributed by atoms with E-state index in [0.717, 1.165) is 55.7 Å². The number of anilines is 2. The van der Waals surface area contributed by atoms with Gasteiger partial charge in [0.25, 0.3) is 0 Å². The molecular weight excluding hydrogens is 348 g/mol. The van der Waals surface area contributed by atoms with Crippen molar-refractivity contribution in [3.05, 3.63) is 83.7 Å². The molecule has 0 amide bonds. The molecule has 3 aromatic rings. The van der Waals surface area contributed by atoms with Crippen LogP contribution in [0.2, 0.25) is 0 Å². The van der Waals surface area contributed by atoms with Crippen LogP contribution in [0.3, 0.4) is 0 Å². The first-order valence-electron chi connectivity index (χ1n) is 9.82. The van der Waals surface area contributed by atoms with Gasteiger partial charge in [-0.2, -0.15) is 0 Å². The minimum Gasteiger partial charge on any atom is -0.369 e. The van der Waals surface area contributed by atoms with Crippen molar-refractivity contribution in [2.45, 2.75) is 19.4 Å². The molecule has 4 rings (SSSR count). The van der Waals surface area contributed by atoms with Crippen molar-refractivity contribution in [2.24, 2.45) is 0 Å². The van der Waals surface area contributed by atoms with Gasteiger partial charge < -0.3 is 10.1 Å². The van der Waals surface area contributed by atoms with Crippen molar-refractivity contribution < 1.29 is 4.74 Å². The molecule has 0 unspecified atom stereocenters. The number of hydrogen-bond donors (Lipinski definition) is 1. The summed E-state index contributed by atoms with van der Waals surface area (Å²) in [6.07, 6.45) is 1.05. The summed E-state index contributed by atoms with van der Waals surface area (Å²) in [5.41, 5.74) is 3.31. The van der Waals surface area contributed by atoms with E-state index in [1.54, 1.807) is 0 Å². The molecular formula is C23H26N4O. The van der Waals surface area contributed by atoms with Gasteiger partial charge in [-0.1, -0.05) is 42.5 Å². The summed E-state index contributed by atoms with van der Waals surface area (Å²) >= 11 is 0. The molecule has 1 atom stereocenters. The first-order valence-corrected chi connectivity index (χ1v) is 9.82. The number of hydrogen-bond acceptors (Lipinski definition) is 5. The highest BCUT2D eigenvalue weighted by Crippen LogP contribution is 2.23. The Morgan fingerprint density at radius 3 is 2.57 bits per heavy atom. The van der Waals surface area contributed by atoms with Gasteiger partial charge in [0.1, 0.15) is 17.7 Å². The van der Waals surface area contributed by atoms with Gasteiger partial charge in [-0.3, -0.25) is 4.90 Å². The Labute approximate surface area is 166 Å². The number of aromatic nitrogens is 2. The smallest absolute Gasteiger partial charge is 0.131 e. The highest BCUT2D eigenvalue weighted by Gasteiger charge is 2.23. The largest absolute Gasteiger partial charge is 0.369 e. The van der Waals surface area contributed by atoms with Gasteiger partial charge in [0.15, 0.2) is 0 Å². The molecule has 1 N–H and O–H groups in total. The third kappa shape index (κ3) is 4.94. The molecule has 0 radical (unpaired) electrons. The number of morpholine rings is 1. The predicted octanol–water partition coefficient (Wildman–Crippen LogP) is 4.14. The summed E-state index contributed by atoms with van der Waals surface area (Å²) in [5.74, 6) is 1.60. The standard InChI is InChI=1S/C23H26N4O/c1-18-7-5-11-22(24-18)26-23-12-6-10-20(25-23)21-17-27(15-16-28-21)14-13-19-8-3-2-4-9-19/h2-12,21H,13-17H2,1H3,(H,24,25,26)/t21-/m0/s1. The maximum atomic E-state index is 6.02. The minimum atomic E-state index is -0.00302. The van der Waals surface area contributed by atoms with Crippen molar-refractivity contribution in [3.63, 3.8) is 0 Å². The van der Waals surface area contributed by atoms with Crippen LogP contribution < -0.4 is 5.32 Å². The van der Waals surface area contributed by atoms with Gasteiger partial charge >= 0.3 is 0 Å². The van der Waals surface area contributed by atoms with E-state index < -0.39 is 0 Å². The number of benzene rings is 1. The number of rotatable bonds is 6. The van der Waals surface area contributed by atoms with Crippen molar-refractivity contribution in [3.8, 4) is 0 Å². The highest BCUT2D eigenvalue weighted by molar-refractivity contribution is 5.51. The van der Waals surface area contributed by atoms with E-state index in [0.29, 0.717) is 0 Å². The van der Waals surface area contributed by atoms with Crippen LogP contribution in [0.15, 0.2) is 66.7 Å². The molecule has 3 heterocycles. The molecule has 28 heavy (non-hydrogen) atoms. The van der Waals surface area contributed by atoms with E-state index in [-0.39, 0.29) is 6.10 Å². The lowest BCUT2D eigenvalue weighted by atomic mass is 10.1. The van der Waals surface area contributed by atoms with E-state index in [1.165, 1.54) is 5.56 Å². The zero-order chi connectivity index (χ0) is 19.2. The normalized spacial score (nSPS) is 17.4. The first-order chi connectivity index (χ1) is 13.8. The molecule has 1 fully saturated rings. The van der Waals surface area contributed by atoms with Crippen molar-refractivity contribution in [2.75, 3.05) is 31.6 Å². The van der Waals surface area contributed by atoms with E-state index in [4.69, 9.17) is 9.72 Å². The molecule has 0 spiro atoms. The molecule has 0 aliphatic carbocycles. The lowest BCUT2D eigenvalue weighted by molar-refractivity contribution is -0.0315. The lowest BCUT2D eigenvalue weighted by Gasteiger charge is -2.32. The van der Waals surface area contributed by atoms with Gasteiger partial charge in [0.05, 0.1) is 12.3 Å². The highest BCUT2D eigenvalue weighted by atomic mass is 16.5. The second-order valence-electron chi connectivity index (χ2n) is 7.13. The van der Waals surface area contributed by atoms with Crippen LogP contribution >= 0.6 is 0 Å². The molecule has 1 aliphatic heterocycles. The fourth-order valence-electron chi connectivity index (χ4n) is 3.46. The second kappa shape index (κ2) is 8.95. The maximum Gasteiger partial charge on any atom is 0.131 e. The molecule has 0 bridgehead atoms. The second-order valence-corrected chi connectivity index (χ2v) is 7.13. The number of nitrogens with one attached hydrogen (secondary N) is 1. The Morgan fingerprint density at radius 1 is 0.964 bits per heavy atom. The van der Waals surface area contributed by atoms with Crippen LogP contribution in [-0.2, 0) is 11.2 Å². The van der Waals surface area contributed by atoms with Crippen molar-refractivity contribution in [1.29, 1.82) is 0 Å². The zero-order valence-corrected chi connectivity index (χ0v) is 16.2. The number of aryl methyl sites for hydroxylation is 1. The van der Waals surface area contributed by atoms with Crippen molar-refractivity contribution >= 4 is 11.6 Å². The maximum absolute atomic E-state index is 6.02. The number of pyridine rings is 2. The van der Waals surface area contributed by atoms with Gasteiger partial charge in [0, 0.05) is 25.3 Å². The molecule has 5 nitrogen and oxygen atoms in total. The Morgan fingerprint density at radius 2 is 1.75 bits per heavy atom. The molecule has 1 aliphatic rings. The molecule has 1 saturated heterocycles. The fourth-order valence-corrected chi connectivity index (χ4v) is 3.46. The summed E-state index contributed by atoms with van der Waals surface area (Å²) in [6.45, 7) is 5.59. The lowest BCUT2D eigenvalue weighted by Crippen LogP contribution is -2.39. The number of ether oxygens (including phenoxy) is 1. The third-order valence-electron chi connectivity index (χ3n) is 4.96.